The fraction of sp³-hybridized carbons (Fsp3) is 0.500. The highest BCUT2D eigenvalue weighted by atomic mass is 19.1. The Morgan fingerprint density at radius 2 is 2.00 bits per heavy atom. The van der Waals surface area contributed by atoms with Gasteiger partial charge in [0.1, 0.15) is 5.82 Å². The topological polar surface area (TPSA) is 55.4 Å². The molecule has 114 valence electrons. The molecule has 2 rings (SSSR count). The van der Waals surface area contributed by atoms with E-state index in [1.165, 1.54) is 24.6 Å². The van der Waals surface area contributed by atoms with E-state index in [-0.39, 0.29) is 24.1 Å². The lowest BCUT2D eigenvalue weighted by molar-refractivity contribution is -0.125. The van der Waals surface area contributed by atoms with Crippen LogP contribution in [0.1, 0.15) is 43.0 Å². The summed E-state index contributed by atoms with van der Waals surface area (Å²) in [6.07, 6.45) is 4.34. The summed E-state index contributed by atoms with van der Waals surface area (Å²) < 4.78 is 18.2. The van der Waals surface area contributed by atoms with Crippen LogP contribution in [0.3, 0.4) is 0 Å². The second-order valence-corrected chi connectivity index (χ2v) is 5.49. The second-order valence-electron chi connectivity index (χ2n) is 5.49. The third-order valence-corrected chi connectivity index (χ3v) is 3.89. The van der Waals surface area contributed by atoms with E-state index < -0.39 is 11.8 Å². The molecular formula is C16H20FNO3. The summed E-state index contributed by atoms with van der Waals surface area (Å²) in [6, 6.07) is 5.68. The predicted octanol–water partition coefficient (Wildman–Crippen LogP) is 2.68. The molecule has 0 aromatic heterocycles. The van der Waals surface area contributed by atoms with Crippen molar-refractivity contribution in [3.05, 3.63) is 35.6 Å². The molecule has 0 unspecified atom stereocenters. The third kappa shape index (κ3) is 4.28. The molecule has 0 saturated heterocycles. The van der Waals surface area contributed by atoms with Crippen LogP contribution in [-0.2, 0) is 9.53 Å². The first-order chi connectivity index (χ1) is 10.1. The normalized spacial score (nSPS) is 21.6. The standard InChI is InChI=1S/C16H20FNO3/c1-11-6-2-5-9-14(11)18-15(19)10-21-16(20)12-7-3-4-8-13(12)17/h3-4,7-8,11,14H,2,5-6,9-10H2,1H3,(H,18,19)/t11-,14+/m0/s1. The molecule has 0 aliphatic heterocycles. The highest BCUT2D eigenvalue weighted by Crippen LogP contribution is 2.23. The summed E-state index contributed by atoms with van der Waals surface area (Å²) in [5, 5.41) is 2.88. The summed E-state index contributed by atoms with van der Waals surface area (Å²) >= 11 is 0. The molecule has 1 N–H and O–H groups in total. The molecule has 5 heteroatoms. The second kappa shape index (κ2) is 7.20. The molecule has 1 saturated carbocycles. The summed E-state index contributed by atoms with van der Waals surface area (Å²) in [4.78, 5) is 23.5. The molecule has 1 aliphatic carbocycles. The number of ether oxygens (including phenoxy) is 1. The molecule has 0 spiro atoms. The van der Waals surface area contributed by atoms with E-state index in [0.29, 0.717) is 5.92 Å². The van der Waals surface area contributed by atoms with Gasteiger partial charge in [-0.2, -0.15) is 0 Å². The van der Waals surface area contributed by atoms with Crippen LogP contribution in [-0.4, -0.2) is 24.5 Å². The highest BCUT2D eigenvalue weighted by molar-refractivity contribution is 5.91. The lowest BCUT2D eigenvalue weighted by atomic mass is 9.86. The quantitative estimate of drug-likeness (QED) is 0.868. The highest BCUT2D eigenvalue weighted by Gasteiger charge is 2.23. The number of carbonyl (C=O) groups is 2. The molecule has 1 fully saturated rings. The molecule has 0 heterocycles. The van der Waals surface area contributed by atoms with Gasteiger partial charge in [-0.05, 0) is 30.9 Å². The number of amides is 1. The number of benzene rings is 1. The number of nitrogens with one attached hydrogen (secondary N) is 1. The van der Waals surface area contributed by atoms with E-state index in [1.807, 2.05) is 0 Å². The van der Waals surface area contributed by atoms with Crippen molar-refractivity contribution in [2.45, 2.75) is 38.6 Å². The van der Waals surface area contributed by atoms with E-state index in [9.17, 15) is 14.0 Å². The van der Waals surface area contributed by atoms with Crippen molar-refractivity contribution in [2.75, 3.05) is 6.61 Å². The molecule has 4 nitrogen and oxygen atoms in total. The van der Waals surface area contributed by atoms with Gasteiger partial charge in [0.15, 0.2) is 6.61 Å². The molecule has 2 atom stereocenters. The fourth-order valence-corrected chi connectivity index (χ4v) is 2.61. The van der Waals surface area contributed by atoms with E-state index in [4.69, 9.17) is 4.74 Å². The maximum atomic E-state index is 13.4. The van der Waals surface area contributed by atoms with Crippen molar-refractivity contribution in [2.24, 2.45) is 5.92 Å². The number of esters is 1. The maximum Gasteiger partial charge on any atom is 0.341 e. The van der Waals surface area contributed by atoms with E-state index in [0.717, 1.165) is 19.3 Å². The van der Waals surface area contributed by atoms with Gasteiger partial charge in [0, 0.05) is 6.04 Å². The van der Waals surface area contributed by atoms with Crippen LogP contribution >= 0.6 is 0 Å². The van der Waals surface area contributed by atoms with Gasteiger partial charge in [-0.1, -0.05) is 31.9 Å². The fourth-order valence-electron chi connectivity index (χ4n) is 2.61. The minimum atomic E-state index is -0.819. The molecule has 0 bridgehead atoms. The number of rotatable bonds is 4. The van der Waals surface area contributed by atoms with Gasteiger partial charge >= 0.3 is 5.97 Å². The van der Waals surface area contributed by atoms with Crippen LogP contribution in [0.15, 0.2) is 24.3 Å². The minimum absolute atomic E-state index is 0.137. The zero-order chi connectivity index (χ0) is 15.2. The predicted molar refractivity (Wildman–Crippen MR) is 76.2 cm³/mol. The zero-order valence-electron chi connectivity index (χ0n) is 12.1. The maximum absolute atomic E-state index is 13.4. The largest absolute Gasteiger partial charge is 0.452 e. The zero-order valence-corrected chi connectivity index (χ0v) is 12.1. The van der Waals surface area contributed by atoms with Crippen LogP contribution in [0.2, 0.25) is 0 Å². The van der Waals surface area contributed by atoms with E-state index in [1.54, 1.807) is 6.07 Å². The Bertz CT molecular complexity index is 518. The number of carbonyl (C=O) groups excluding carboxylic acids is 2. The summed E-state index contributed by atoms with van der Waals surface area (Å²) in [6.45, 7) is 1.73. The molecule has 1 aromatic carbocycles. The first kappa shape index (κ1) is 15.5. The molecule has 21 heavy (non-hydrogen) atoms. The average molecular weight is 293 g/mol. The van der Waals surface area contributed by atoms with Crippen LogP contribution in [0.5, 0.6) is 0 Å². The Kier molecular flexibility index (Phi) is 5.31. The van der Waals surface area contributed by atoms with Gasteiger partial charge in [-0.25, -0.2) is 9.18 Å². The van der Waals surface area contributed by atoms with Crippen LogP contribution in [0, 0.1) is 11.7 Å². The van der Waals surface area contributed by atoms with Crippen LogP contribution in [0.4, 0.5) is 4.39 Å². The summed E-state index contributed by atoms with van der Waals surface area (Å²) in [5.74, 6) is -1.37. The Labute approximate surface area is 123 Å². The Morgan fingerprint density at radius 1 is 1.29 bits per heavy atom. The molecule has 1 amide bonds. The third-order valence-electron chi connectivity index (χ3n) is 3.89. The molecule has 0 radical (unpaired) electrons. The Hall–Kier alpha value is -1.91. The molecule has 1 aliphatic rings. The van der Waals surface area contributed by atoms with Crippen molar-refractivity contribution in [3.8, 4) is 0 Å². The van der Waals surface area contributed by atoms with Gasteiger partial charge in [0.25, 0.3) is 5.91 Å². The van der Waals surface area contributed by atoms with E-state index in [2.05, 4.69) is 12.2 Å². The lowest BCUT2D eigenvalue weighted by Crippen LogP contribution is -2.42. The van der Waals surface area contributed by atoms with Crippen molar-refractivity contribution in [1.82, 2.24) is 5.32 Å². The molecule has 1 aromatic rings. The summed E-state index contributed by atoms with van der Waals surface area (Å²) in [7, 11) is 0. The van der Waals surface area contributed by atoms with Crippen molar-refractivity contribution >= 4 is 11.9 Å². The van der Waals surface area contributed by atoms with Gasteiger partial charge in [0.05, 0.1) is 5.56 Å². The Morgan fingerprint density at radius 3 is 2.71 bits per heavy atom. The van der Waals surface area contributed by atoms with Crippen molar-refractivity contribution in [3.63, 3.8) is 0 Å². The van der Waals surface area contributed by atoms with E-state index >= 15 is 0 Å². The number of halogens is 1. The first-order valence-corrected chi connectivity index (χ1v) is 7.29. The van der Waals surface area contributed by atoms with Gasteiger partial charge < -0.3 is 10.1 Å². The number of hydrogen-bond acceptors (Lipinski definition) is 3. The SMILES string of the molecule is C[C@H]1CCCC[C@H]1NC(=O)COC(=O)c1ccccc1F. The van der Waals surface area contributed by atoms with Crippen molar-refractivity contribution in [1.29, 1.82) is 0 Å². The Balaban J connectivity index is 1.81. The van der Waals surface area contributed by atoms with Gasteiger partial charge in [-0.15, -0.1) is 0 Å². The molecular weight excluding hydrogens is 273 g/mol. The monoisotopic (exact) mass is 293 g/mol. The van der Waals surface area contributed by atoms with Gasteiger partial charge in [0.2, 0.25) is 0 Å². The first-order valence-electron chi connectivity index (χ1n) is 7.29. The van der Waals surface area contributed by atoms with Crippen molar-refractivity contribution < 1.29 is 18.7 Å². The van der Waals surface area contributed by atoms with Crippen LogP contribution in [0.25, 0.3) is 0 Å². The van der Waals surface area contributed by atoms with Gasteiger partial charge in [-0.3, -0.25) is 4.79 Å². The minimum Gasteiger partial charge on any atom is -0.452 e. The van der Waals surface area contributed by atoms with Crippen LogP contribution < -0.4 is 5.32 Å². The summed E-state index contributed by atoms with van der Waals surface area (Å²) in [5.41, 5.74) is -0.156. The number of hydrogen-bond donors (Lipinski definition) is 1. The lowest BCUT2D eigenvalue weighted by Gasteiger charge is -2.29. The smallest absolute Gasteiger partial charge is 0.341 e. The average Bonchev–Trinajstić information content (AvgIpc) is 2.48.